The Balaban J connectivity index is 1.58. The lowest BCUT2D eigenvalue weighted by Crippen LogP contribution is -2.60. The molecule has 5 heterocycles. The van der Waals surface area contributed by atoms with Crippen molar-refractivity contribution in [3.8, 4) is 17.0 Å². The van der Waals surface area contributed by atoms with Crippen molar-refractivity contribution in [2.45, 2.75) is 32.7 Å². The molecule has 0 bridgehead atoms. The summed E-state index contributed by atoms with van der Waals surface area (Å²) in [7, 11) is 2.00. The molecule has 0 radical (unpaired) electrons. The number of halogens is 2. The van der Waals surface area contributed by atoms with Crippen molar-refractivity contribution < 1.29 is 18.7 Å². The van der Waals surface area contributed by atoms with E-state index in [4.69, 9.17) is 4.98 Å². The van der Waals surface area contributed by atoms with E-state index in [1.807, 2.05) is 32.7 Å². The van der Waals surface area contributed by atoms with Crippen LogP contribution in [0.1, 0.15) is 36.7 Å². The molecule has 11 heteroatoms. The number of fused-ring (bicyclic) bond motifs is 4. The molecular weight excluding hydrogens is 540 g/mol. The van der Waals surface area contributed by atoms with E-state index in [-0.39, 0.29) is 29.1 Å². The van der Waals surface area contributed by atoms with Crippen LogP contribution >= 0.6 is 0 Å². The molecule has 2 aromatic heterocycles. The monoisotopic (exact) mass is 573 g/mol. The predicted octanol–water partition coefficient (Wildman–Crippen LogP) is 4.42. The predicted molar refractivity (Wildman–Crippen MR) is 156 cm³/mol. The zero-order chi connectivity index (χ0) is 29.9. The molecular formula is C31H33F2N7O2. The van der Waals surface area contributed by atoms with Crippen LogP contribution in [0.3, 0.4) is 0 Å². The number of hydrogen-bond donors (Lipinski definition) is 1. The normalized spacial score (nSPS) is 18.2. The van der Waals surface area contributed by atoms with Gasteiger partial charge in [-0.3, -0.25) is 4.79 Å². The number of rotatable bonds is 4. The molecule has 0 spiro atoms. The number of aromatic hydroxyl groups is 1. The number of amides is 1. The lowest BCUT2D eigenvalue weighted by molar-refractivity contribution is -0.128. The Morgan fingerprint density at radius 3 is 2.67 bits per heavy atom. The molecule has 1 aromatic carbocycles. The summed E-state index contributed by atoms with van der Waals surface area (Å²) in [6.45, 7) is 12.2. The molecule has 0 unspecified atom stereocenters. The molecule has 3 aliphatic rings. The molecule has 1 fully saturated rings. The second-order valence-corrected chi connectivity index (χ2v) is 11.3. The second-order valence-electron chi connectivity index (χ2n) is 11.3. The first-order valence-electron chi connectivity index (χ1n) is 14.0. The van der Waals surface area contributed by atoms with Crippen LogP contribution in [0.5, 0.6) is 5.75 Å². The maximum atomic E-state index is 16.0. The van der Waals surface area contributed by atoms with Crippen LogP contribution in [0.2, 0.25) is 0 Å². The first-order valence-corrected chi connectivity index (χ1v) is 14.0. The van der Waals surface area contributed by atoms with E-state index in [2.05, 4.69) is 26.3 Å². The maximum absolute atomic E-state index is 16.0. The number of phenolic OH excluding ortho intramolecular Hbond substituents is 1. The van der Waals surface area contributed by atoms with Crippen molar-refractivity contribution in [2.24, 2.45) is 0 Å². The van der Waals surface area contributed by atoms with Gasteiger partial charge in [0.05, 0.1) is 46.6 Å². The molecule has 3 aliphatic heterocycles. The number of hydrogen-bond acceptors (Lipinski definition) is 8. The largest absolute Gasteiger partial charge is 0.507 e. The number of anilines is 2. The van der Waals surface area contributed by atoms with Gasteiger partial charge in [-0.1, -0.05) is 26.5 Å². The van der Waals surface area contributed by atoms with Crippen LogP contribution in [-0.2, 0) is 4.79 Å². The fraction of sp³-hybridized carbons (Fsp3) is 0.355. The van der Waals surface area contributed by atoms with Crippen molar-refractivity contribution in [1.82, 2.24) is 29.7 Å². The van der Waals surface area contributed by atoms with Gasteiger partial charge >= 0.3 is 0 Å². The minimum Gasteiger partial charge on any atom is -0.507 e. The van der Waals surface area contributed by atoms with Crippen molar-refractivity contribution >= 4 is 23.1 Å². The van der Waals surface area contributed by atoms with Crippen LogP contribution in [0.4, 0.5) is 20.3 Å². The van der Waals surface area contributed by atoms with E-state index in [9.17, 15) is 9.90 Å². The minimum atomic E-state index is -0.772. The average Bonchev–Trinajstić information content (AvgIpc) is 2.96. The average molecular weight is 574 g/mol. The Morgan fingerprint density at radius 1 is 1.17 bits per heavy atom. The molecule has 218 valence electrons. The molecule has 9 nitrogen and oxygen atoms in total. The Morgan fingerprint density at radius 2 is 1.95 bits per heavy atom. The molecule has 6 rings (SSSR count). The lowest BCUT2D eigenvalue weighted by atomic mass is 9.94. The van der Waals surface area contributed by atoms with Crippen LogP contribution in [0, 0.1) is 18.6 Å². The van der Waals surface area contributed by atoms with Crippen LogP contribution in [-0.4, -0.2) is 86.5 Å². The third-order valence-electron chi connectivity index (χ3n) is 8.33. The highest BCUT2D eigenvalue weighted by molar-refractivity contribution is 5.88. The van der Waals surface area contributed by atoms with Gasteiger partial charge < -0.3 is 24.7 Å². The molecule has 0 aliphatic carbocycles. The fourth-order valence-corrected chi connectivity index (χ4v) is 6.35. The van der Waals surface area contributed by atoms with Crippen molar-refractivity contribution in [1.29, 1.82) is 0 Å². The molecule has 0 saturated carbocycles. The highest BCUT2D eigenvalue weighted by atomic mass is 19.1. The number of phenols is 1. The van der Waals surface area contributed by atoms with Gasteiger partial charge in [0, 0.05) is 38.8 Å². The number of aryl methyl sites for hydroxylation is 1. The second kappa shape index (κ2) is 10.4. The molecule has 1 amide bonds. The number of carbonyl (C=O) groups excluding carboxylic acids is 1. The van der Waals surface area contributed by atoms with E-state index in [0.29, 0.717) is 44.1 Å². The van der Waals surface area contributed by atoms with Crippen LogP contribution < -0.4 is 4.90 Å². The van der Waals surface area contributed by atoms with Crippen LogP contribution in [0.25, 0.3) is 17.0 Å². The zero-order valence-corrected chi connectivity index (χ0v) is 24.1. The molecule has 1 saturated heterocycles. The SMILES string of the molecule is C=CC(=O)N1CCN2C3=C(CN(c4c(C)ncnc4C(C)C)c4nc(-c5c(O)cccc5F)c(F)cc43)N(C)C[C@@H]2C1. The van der Waals surface area contributed by atoms with Gasteiger partial charge in [0.15, 0.2) is 5.82 Å². The summed E-state index contributed by atoms with van der Waals surface area (Å²) in [6.07, 6.45) is 2.86. The van der Waals surface area contributed by atoms with E-state index in [1.165, 1.54) is 36.7 Å². The summed E-state index contributed by atoms with van der Waals surface area (Å²) in [5.41, 5.74) is 4.10. The Kier molecular flexibility index (Phi) is 6.83. The highest BCUT2D eigenvalue weighted by Gasteiger charge is 2.42. The van der Waals surface area contributed by atoms with Gasteiger partial charge in [-0.2, -0.15) is 0 Å². The van der Waals surface area contributed by atoms with Gasteiger partial charge in [0.1, 0.15) is 29.4 Å². The van der Waals surface area contributed by atoms with Gasteiger partial charge in [0.2, 0.25) is 5.91 Å². The Hall–Kier alpha value is -4.54. The number of carbonyl (C=O) groups is 1. The number of aromatic nitrogens is 3. The van der Waals surface area contributed by atoms with Gasteiger partial charge in [-0.15, -0.1) is 0 Å². The molecule has 3 aromatic rings. The van der Waals surface area contributed by atoms with Crippen molar-refractivity contribution in [2.75, 3.05) is 44.7 Å². The molecule has 42 heavy (non-hydrogen) atoms. The third kappa shape index (κ3) is 4.34. The first kappa shape index (κ1) is 27.6. The Labute approximate surface area is 243 Å². The lowest BCUT2D eigenvalue weighted by Gasteiger charge is -2.52. The molecule has 1 atom stereocenters. The summed E-state index contributed by atoms with van der Waals surface area (Å²) < 4.78 is 31.0. The summed E-state index contributed by atoms with van der Waals surface area (Å²) >= 11 is 0. The zero-order valence-electron chi connectivity index (χ0n) is 24.1. The van der Waals surface area contributed by atoms with Crippen LogP contribution in [0.15, 0.2) is 48.9 Å². The topological polar surface area (TPSA) is 88.9 Å². The summed E-state index contributed by atoms with van der Waals surface area (Å²) in [5, 5.41) is 10.5. The standard InChI is InChI=1S/C31H33F2N7O2/c1-6-25(42)38-10-11-39-19(14-38)13-37(5)23-15-40(29-18(4)34-16-35-27(29)17(2)3)31-20(30(23)39)12-22(33)28(36-31)26-21(32)8-7-9-24(26)41/h6-9,12,16-17,19,41H,1,10-11,13-15H2,2-5H3/t19-/m1/s1. The maximum Gasteiger partial charge on any atom is 0.246 e. The van der Waals surface area contributed by atoms with Crippen molar-refractivity contribution in [3.05, 3.63) is 77.5 Å². The van der Waals surface area contributed by atoms with Gasteiger partial charge in [-0.25, -0.2) is 23.7 Å². The smallest absolute Gasteiger partial charge is 0.246 e. The number of piperazine rings is 1. The summed E-state index contributed by atoms with van der Waals surface area (Å²) in [5.74, 6) is -1.56. The first-order chi connectivity index (χ1) is 20.1. The number of likely N-dealkylation sites (N-methyl/N-ethyl adjacent to an activating group) is 1. The van der Waals surface area contributed by atoms with E-state index >= 15 is 8.78 Å². The highest BCUT2D eigenvalue weighted by Crippen LogP contribution is 2.47. The summed E-state index contributed by atoms with van der Waals surface area (Å²) in [4.78, 5) is 34.4. The van der Waals surface area contributed by atoms with E-state index in [1.54, 1.807) is 4.90 Å². The number of nitrogens with zero attached hydrogens (tertiary/aromatic N) is 7. The van der Waals surface area contributed by atoms with Gasteiger partial charge in [-0.05, 0) is 37.1 Å². The Bertz CT molecular complexity index is 1620. The number of pyridine rings is 1. The van der Waals surface area contributed by atoms with Gasteiger partial charge in [0.25, 0.3) is 0 Å². The summed E-state index contributed by atoms with van der Waals surface area (Å²) in [6, 6.07) is 5.20. The quantitative estimate of drug-likeness (QED) is 0.459. The fourth-order valence-electron chi connectivity index (χ4n) is 6.35. The number of benzene rings is 1. The minimum absolute atomic E-state index is 0.0304. The van der Waals surface area contributed by atoms with E-state index in [0.717, 1.165) is 28.5 Å². The molecule has 1 N–H and O–H groups in total. The van der Waals surface area contributed by atoms with E-state index < -0.39 is 17.4 Å². The van der Waals surface area contributed by atoms with Crippen molar-refractivity contribution in [3.63, 3.8) is 0 Å². The third-order valence-corrected chi connectivity index (χ3v) is 8.33.